The zero-order chi connectivity index (χ0) is 21.5. The minimum absolute atomic E-state index is 0.0590. The number of hydrogen-bond donors (Lipinski definition) is 0. The summed E-state index contributed by atoms with van der Waals surface area (Å²) in [7, 11) is 0. The van der Waals surface area contributed by atoms with Gasteiger partial charge in [0.05, 0.1) is 5.52 Å². The summed E-state index contributed by atoms with van der Waals surface area (Å²) < 4.78 is 2.09. The molecule has 31 heavy (non-hydrogen) atoms. The van der Waals surface area contributed by atoms with Crippen LogP contribution in [0.3, 0.4) is 0 Å². The molecule has 1 amide bonds. The number of benzene rings is 2. The Morgan fingerprint density at radius 2 is 1.74 bits per heavy atom. The molecular weight excluding hydrogens is 388 g/mol. The van der Waals surface area contributed by atoms with Crippen LogP contribution in [0.5, 0.6) is 0 Å². The third kappa shape index (κ3) is 3.30. The van der Waals surface area contributed by atoms with Crippen LogP contribution in [0.2, 0.25) is 0 Å². The van der Waals surface area contributed by atoms with Crippen molar-refractivity contribution in [2.75, 3.05) is 24.5 Å². The van der Waals surface area contributed by atoms with E-state index in [9.17, 15) is 4.79 Å². The number of anilines is 1. The molecule has 2 aromatic heterocycles. The van der Waals surface area contributed by atoms with Crippen molar-refractivity contribution in [3.63, 3.8) is 0 Å². The molecule has 1 aliphatic heterocycles. The second kappa shape index (κ2) is 7.65. The van der Waals surface area contributed by atoms with E-state index in [2.05, 4.69) is 40.3 Å². The second-order valence-electron chi connectivity index (χ2n) is 8.46. The highest BCUT2D eigenvalue weighted by Gasteiger charge is 2.31. The number of carbonyl (C=O) groups excluding carboxylic acids is 1. The third-order valence-corrected chi connectivity index (χ3v) is 5.96. The zero-order valence-electron chi connectivity index (χ0n) is 18.1. The Labute approximate surface area is 181 Å². The van der Waals surface area contributed by atoms with Gasteiger partial charge in [0.15, 0.2) is 5.65 Å². The smallest absolute Gasteiger partial charge is 0.254 e. The van der Waals surface area contributed by atoms with Crippen molar-refractivity contribution in [1.82, 2.24) is 24.5 Å². The third-order valence-electron chi connectivity index (χ3n) is 5.96. The molecule has 4 aromatic rings. The maximum Gasteiger partial charge on any atom is 0.254 e. The van der Waals surface area contributed by atoms with Crippen LogP contribution in [0.1, 0.15) is 42.9 Å². The molecule has 7 heteroatoms. The lowest BCUT2D eigenvalue weighted by Crippen LogP contribution is -2.54. The molecule has 1 saturated heterocycles. The van der Waals surface area contributed by atoms with Crippen LogP contribution in [0.4, 0.5) is 5.95 Å². The molecule has 1 aliphatic rings. The van der Waals surface area contributed by atoms with Crippen LogP contribution in [0.25, 0.3) is 16.6 Å². The normalized spacial score (nSPS) is 17.1. The van der Waals surface area contributed by atoms with Gasteiger partial charge in [-0.3, -0.25) is 4.79 Å². The molecule has 0 radical (unpaired) electrons. The number of amides is 1. The van der Waals surface area contributed by atoms with Gasteiger partial charge in [0, 0.05) is 42.5 Å². The fourth-order valence-electron chi connectivity index (χ4n) is 4.36. The Morgan fingerprint density at radius 1 is 1.00 bits per heavy atom. The van der Waals surface area contributed by atoms with Crippen LogP contribution in [-0.2, 0) is 0 Å². The fraction of sp³-hybridized carbons (Fsp3) is 0.333. The molecule has 0 spiro atoms. The molecule has 2 aromatic carbocycles. The predicted octanol–water partition coefficient (Wildman–Crippen LogP) is 3.75. The Bertz CT molecular complexity index is 1250. The van der Waals surface area contributed by atoms with E-state index in [-0.39, 0.29) is 17.9 Å². The predicted molar refractivity (Wildman–Crippen MR) is 122 cm³/mol. The number of piperazine rings is 1. The lowest BCUT2D eigenvalue weighted by molar-refractivity contribution is 0.0673. The van der Waals surface area contributed by atoms with Crippen LogP contribution < -0.4 is 4.90 Å². The van der Waals surface area contributed by atoms with E-state index in [0.29, 0.717) is 19.6 Å². The van der Waals surface area contributed by atoms with Crippen molar-refractivity contribution in [1.29, 1.82) is 0 Å². The summed E-state index contributed by atoms with van der Waals surface area (Å²) >= 11 is 0. The summed E-state index contributed by atoms with van der Waals surface area (Å²) in [5.74, 6) is 2.05. The standard InChI is InChI=1S/C24H26N6O/c1-16(2)21-26-27-22-19-11-7-8-12-20(19)25-24(30(21)22)28-13-14-29(17(3)15-28)23(31)18-9-5-4-6-10-18/h4-12,16-17H,13-15H2,1-3H3/t17-/m1/s1. The van der Waals surface area contributed by atoms with Gasteiger partial charge in [-0.1, -0.05) is 44.2 Å². The maximum absolute atomic E-state index is 13.0. The van der Waals surface area contributed by atoms with Gasteiger partial charge in [-0.05, 0) is 31.2 Å². The van der Waals surface area contributed by atoms with Crippen LogP contribution in [0.15, 0.2) is 54.6 Å². The first-order valence-corrected chi connectivity index (χ1v) is 10.8. The highest BCUT2D eigenvalue weighted by Crippen LogP contribution is 2.28. The van der Waals surface area contributed by atoms with Crippen molar-refractivity contribution in [2.45, 2.75) is 32.7 Å². The van der Waals surface area contributed by atoms with Crippen LogP contribution in [-0.4, -0.2) is 56.1 Å². The summed E-state index contributed by atoms with van der Waals surface area (Å²) in [6.45, 7) is 8.39. The lowest BCUT2D eigenvalue weighted by Gasteiger charge is -2.40. The van der Waals surface area contributed by atoms with E-state index >= 15 is 0 Å². The maximum atomic E-state index is 13.0. The first kappa shape index (κ1) is 19.5. The summed E-state index contributed by atoms with van der Waals surface area (Å²) in [5.41, 5.74) is 2.47. The van der Waals surface area contributed by atoms with Gasteiger partial charge < -0.3 is 9.80 Å². The van der Waals surface area contributed by atoms with E-state index in [0.717, 1.165) is 33.9 Å². The molecule has 1 atom stereocenters. The fourth-order valence-corrected chi connectivity index (χ4v) is 4.36. The lowest BCUT2D eigenvalue weighted by atomic mass is 10.1. The van der Waals surface area contributed by atoms with Crippen molar-refractivity contribution in [2.24, 2.45) is 0 Å². The van der Waals surface area contributed by atoms with E-state index in [4.69, 9.17) is 4.98 Å². The number of fused-ring (bicyclic) bond motifs is 3. The second-order valence-corrected chi connectivity index (χ2v) is 8.46. The van der Waals surface area contributed by atoms with Gasteiger partial charge in [-0.15, -0.1) is 10.2 Å². The van der Waals surface area contributed by atoms with Gasteiger partial charge in [0.25, 0.3) is 5.91 Å². The summed E-state index contributed by atoms with van der Waals surface area (Å²) in [4.78, 5) is 22.2. The Morgan fingerprint density at radius 3 is 2.48 bits per heavy atom. The van der Waals surface area contributed by atoms with E-state index < -0.39 is 0 Å². The Hall–Kier alpha value is -3.48. The van der Waals surface area contributed by atoms with Gasteiger partial charge in [-0.2, -0.15) is 0 Å². The SMILES string of the molecule is CC(C)c1nnc2c3ccccc3nc(N3CCN(C(=O)c4ccccc4)[C@H](C)C3)n12. The van der Waals surface area contributed by atoms with Crippen LogP contribution >= 0.6 is 0 Å². The van der Waals surface area contributed by atoms with Crippen molar-refractivity contribution in [3.05, 3.63) is 66.0 Å². The van der Waals surface area contributed by atoms with Crippen molar-refractivity contribution in [3.8, 4) is 0 Å². The molecule has 5 rings (SSSR count). The quantitative estimate of drug-likeness (QED) is 0.511. The molecule has 158 valence electrons. The molecule has 7 nitrogen and oxygen atoms in total. The average molecular weight is 415 g/mol. The van der Waals surface area contributed by atoms with Gasteiger partial charge in [-0.25, -0.2) is 9.38 Å². The topological polar surface area (TPSA) is 66.6 Å². The van der Waals surface area contributed by atoms with Crippen molar-refractivity contribution >= 4 is 28.4 Å². The molecule has 0 aliphatic carbocycles. The molecule has 0 saturated carbocycles. The Kier molecular flexibility index (Phi) is 4.81. The highest BCUT2D eigenvalue weighted by atomic mass is 16.2. The average Bonchev–Trinajstić information content (AvgIpc) is 3.24. The number of carbonyl (C=O) groups is 1. The molecule has 1 fully saturated rings. The molecular formula is C24H26N6O. The van der Waals surface area contributed by atoms with Gasteiger partial charge in [0.1, 0.15) is 5.82 Å². The minimum atomic E-state index is 0.0590. The van der Waals surface area contributed by atoms with E-state index in [1.165, 1.54) is 0 Å². The minimum Gasteiger partial charge on any atom is -0.338 e. The van der Waals surface area contributed by atoms with Crippen molar-refractivity contribution < 1.29 is 4.79 Å². The van der Waals surface area contributed by atoms with Gasteiger partial charge >= 0.3 is 0 Å². The number of para-hydroxylation sites is 1. The number of rotatable bonds is 3. The highest BCUT2D eigenvalue weighted by molar-refractivity contribution is 5.95. The first-order chi connectivity index (χ1) is 15.0. The Balaban J connectivity index is 1.52. The molecule has 3 heterocycles. The van der Waals surface area contributed by atoms with Gasteiger partial charge in [0.2, 0.25) is 5.95 Å². The van der Waals surface area contributed by atoms with Crippen LogP contribution in [0, 0.1) is 0 Å². The van der Waals surface area contributed by atoms with E-state index in [1.807, 2.05) is 59.5 Å². The summed E-state index contributed by atoms with van der Waals surface area (Å²) in [5, 5.41) is 9.99. The first-order valence-electron chi connectivity index (χ1n) is 10.8. The van der Waals surface area contributed by atoms with E-state index in [1.54, 1.807) is 0 Å². The monoisotopic (exact) mass is 414 g/mol. The number of hydrogen-bond acceptors (Lipinski definition) is 5. The summed E-state index contributed by atoms with van der Waals surface area (Å²) in [6, 6.07) is 17.6. The molecule has 0 bridgehead atoms. The zero-order valence-corrected chi connectivity index (χ0v) is 18.1. The molecule has 0 N–H and O–H groups in total. The number of nitrogens with zero attached hydrogens (tertiary/aromatic N) is 6. The number of aromatic nitrogens is 4. The largest absolute Gasteiger partial charge is 0.338 e. The summed E-state index contributed by atoms with van der Waals surface area (Å²) in [6.07, 6.45) is 0. The molecule has 0 unspecified atom stereocenters.